The summed E-state index contributed by atoms with van der Waals surface area (Å²) < 4.78 is 20.0. The number of unbranched alkanes of at least 4 members (excludes halogenated alkanes) is 1. The van der Waals surface area contributed by atoms with Crippen molar-refractivity contribution in [2.45, 2.75) is 69.6 Å². The first-order valence-corrected chi connectivity index (χ1v) is 14.0. The number of pyridine rings is 1. The number of fused-ring (bicyclic) bond motifs is 2. The van der Waals surface area contributed by atoms with Crippen LogP contribution in [0, 0.1) is 0 Å². The molecule has 1 unspecified atom stereocenters. The zero-order valence-electron chi connectivity index (χ0n) is 23.0. The monoisotopic (exact) mass is 558 g/mol. The third kappa shape index (κ3) is 7.63. The Bertz CT molecular complexity index is 1220. The number of carboxylic acid groups (broad SMARTS) is 1. The minimum absolute atomic E-state index is 0.128. The molecule has 3 atom stereocenters. The molecule has 3 N–H and O–H groups in total. The van der Waals surface area contributed by atoms with Crippen molar-refractivity contribution in [1.82, 2.24) is 24.8 Å². The molecule has 4 rings (SSSR count). The first-order chi connectivity index (χ1) is 19.4. The van der Waals surface area contributed by atoms with Crippen LogP contribution >= 0.6 is 0 Å². The van der Waals surface area contributed by atoms with Crippen LogP contribution in [0.1, 0.15) is 55.2 Å². The average Bonchev–Trinajstić information content (AvgIpc) is 3.41. The summed E-state index contributed by atoms with van der Waals surface area (Å²) in [5, 5.41) is 15.8. The quantitative estimate of drug-likeness (QED) is 0.279. The number of rotatable bonds is 15. The number of hydrogen-bond donors (Lipinski definition) is 3. The number of hydrogen-bond acceptors (Lipinski definition) is 8. The maximum Gasteiger partial charge on any atom is 0.326 e. The Morgan fingerprint density at radius 2 is 2.12 bits per heavy atom. The molecule has 1 amide bonds. The Hall–Kier alpha value is -3.38. The molecule has 2 aromatic heterocycles. The van der Waals surface area contributed by atoms with Crippen molar-refractivity contribution in [3.63, 3.8) is 0 Å². The summed E-state index contributed by atoms with van der Waals surface area (Å²) in [6.45, 7) is 1.56. The van der Waals surface area contributed by atoms with Crippen molar-refractivity contribution in [3.8, 4) is 0 Å². The van der Waals surface area contributed by atoms with Gasteiger partial charge in [0.2, 0.25) is 5.91 Å². The van der Waals surface area contributed by atoms with Gasteiger partial charge >= 0.3 is 5.97 Å². The number of nitrogens with one attached hydrogen (secondary N) is 2. The van der Waals surface area contributed by atoms with Gasteiger partial charge in [0.15, 0.2) is 0 Å². The SMILES string of the molecule is CO[C@H](CF)CN(CCCCc1ccc2c(n1)NCCC2)CC[C@H](NC(=O)C1CCc2nccc(=O)n21)C(=O)O. The van der Waals surface area contributed by atoms with Gasteiger partial charge in [0.1, 0.15) is 30.4 Å². The number of halogens is 1. The summed E-state index contributed by atoms with van der Waals surface area (Å²) in [5.41, 5.74) is 1.94. The first-order valence-electron chi connectivity index (χ1n) is 14.0. The summed E-state index contributed by atoms with van der Waals surface area (Å²) in [6, 6.07) is 3.56. The number of aromatic nitrogens is 3. The number of aliphatic carboxylic acids is 1. The van der Waals surface area contributed by atoms with Gasteiger partial charge in [-0.05, 0) is 63.1 Å². The molecule has 2 aliphatic rings. The highest BCUT2D eigenvalue weighted by molar-refractivity contribution is 5.86. The first kappa shape index (κ1) is 29.6. The number of aryl methyl sites for hydroxylation is 3. The van der Waals surface area contributed by atoms with Gasteiger partial charge in [0, 0.05) is 51.1 Å². The van der Waals surface area contributed by atoms with Crippen molar-refractivity contribution >= 4 is 17.7 Å². The molecule has 40 heavy (non-hydrogen) atoms. The molecular weight excluding hydrogens is 519 g/mol. The Kier molecular flexibility index (Phi) is 10.6. The van der Waals surface area contributed by atoms with Crippen LogP contribution in [0.5, 0.6) is 0 Å². The second-order valence-corrected chi connectivity index (χ2v) is 10.4. The smallest absolute Gasteiger partial charge is 0.326 e. The normalized spacial score (nSPS) is 17.5. The predicted octanol–water partition coefficient (Wildman–Crippen LogP) is 1.75. The lowest BCUT2D eigenvalue weighted by Gasteiger charge is -2.27. The lowest BCUT2D eigenvalue weighted by atomic mass is 10.1. The highest BCUT2D eigenvalue weighted by Crippen LogP contribution is 2.22. The second-order valence-electron chi connectivity index (χ2n) is 10.4. The van der Waals surface area contributed by atoms with E-state index in [1.54, 1.807) is 0 Å². The number of carbonyl (C=O) groups is 2. The topological polar surface area (TPSA) is 139 Å². The number of ether oxygens (including phenoxy) is 1. The van der Waals surface area contributed by atoms with Crippen LogP contribution in [0.4, 0.5) is 10.2 Å². The second kappa shape index (κ2) is 14.3. The van der Waals surface area contributed by atoms with E-state index in [2.05, 4.69) is 27.8 Å². The molecule has 2 aliphatic heterocycles. The fourth-order valence-electron chi connectivity index (χ4n) is 5.37. The number of alkyl halides is 1. The van der Waals surface area contributed by atoms with E-state index in [0.29, 0.717) is 38.3 Å². The van der Waals surface area contributed by atoms with Gasteiger partial charge in [-0.2, -0.15) is 0 Å². The van der Waals surface area contributed by atoms with Gasteiger partial charge in [-0.3, -0.25) is 14.2 Å². The number of amides is 1. The number of anilines is 1. The molecule has 0 bridgehead atoms. The highest BCUT2D eigenvalue weighted by Gasteiger charge is 2.32. The molecule has 11 nitrogen and oxygen atoms in total. The summed E-state index contributed by atoms with van der Waals surface area (Å²) in [4.78, 5) is 48.1. The average molecular weight is 559 g/mol. The standard InChI is InChI=1S/C28H39FN6O5/c1-40-21(17-29)18-34(15-3-2-6-20-8-7-19-5-4-13-31-26(19)32-20)16-12-22(28(38)39)33-27(37)23-9-10-24-30-14-11-25(36)35(23)24/h7-8,11,14,21-23H,2-6,9-10,12-13,15-18H2,1H3,(H,31,32)(H,33,37)(H,38,39)/t21-,22+,23?/m1/s1. The van der Waals surface area contributed by atoms with Crippen LogP contribution < -0.4 is 16.2 Å². The van der Waals surface area contributed by atoms with E-state index < -0.39 is 36.7 Å². The van der Waals surface area contributed by atoms with E-state index in [1.807, 2.05) is 4.90 Å². The molecule has 2 aromatic rings. The molecule has 0 aliphatic carbocycles. The van der Waals surface area contributed by atoms with Crippen LogP contribution in [-0.4, -0.2) is 88.5 Å². The molecule has 0 saturated heterocycles. The Labute approximate surface area is 233 Å². The Balaban J connectivity index is 1.31. The minimum Gasteiger partial charge on any atom is -0.480 e. The summed E-state index contributed by atoms with van der Waals surface area (Å²) in [7, 11) is 1.45. The molecule has 0 radical (unpaired) electrons. The fraction of sp³-hybridized carbons (Fsp3) is 0.607. The minimum atomic E-state index is -1.16. The zero-order valence-corrected chi connectivity index (χ0v) is 23.0. The maximum absolute atomic E-state index is 13.4. The molecule has 12 heteroatoms. The van der Waals surface area contributed by atoms with Crippen molar-refractivity contribution in [2.24, 2.45) is 0 Å². The number of nitrogens with zero attached hydrogens (tertiary/aromatic N) is 4. The summed E-state index contributed by atoms with van der Waals surface area (Å²) in [5.74, 6) is -0.186. The van der Waals surface area contributed by atoms with Crippen molar-refractivity contribution in [2.75, 3.05) is 45.3 Å². The van der Waals surface area contributed by atoms with E-state index in [-0.39, 0.29) is 12.0 Å². The lowest BCUT2D eigenvalue weighted by molar-refractivity contribution is -0.142. The lowest BCUT2D eigenvalue weighted by Crippen LogP contribution is -2.47. The van der Waals surface area contributed by atoms with Crippen molar-refractivity contribution in [1.29, 1.82) is 0 Å². The Morgan fingerprint density at radius 3 is 2.90 bits per heavy atom. The van der Waals surface area contributed by atoms with Gasteiger partial charge in [-0.25, -0.2) is 19.2 Å². The molecule has 0 saturated carbocycles. The number of carboxylic acids is 1. The predicted molar refractivity (Wildman–Crippen MR) is 147 cm³/mol. The van der Waals surface area contributed by atoms with Crippen LogP contribution in [-0.2, 0) is 33.6 Å². The Morgan fingerprint density at radius 1 is 1.27 bits per heavy atom. The van der Waals surface area contributed by atoms with E-state index >= 15 is 0 Å². The van der Waals surface area contributed by atoms with Crippen LogP contribution in [0.25, 0.3) is 0 Å². The summed E-state index contributed by atoms with van der Waals surface area (Å²) in [6.07, 6.45) is 6.43. The molecule has 0 fully saturated rings. The third-order valence-corrected chi connectivity index (χ3v) is 7.64. The zero-order chi connectivity index (χ0) is 28.5. The van der Waals surface area contributed by atoms with E-state index in [0.717, 1.165) is 50.2 Å². The molecule has 218 valence electrons. The van der Waals surface area contributed by atoms with Crippen LogP contribution in [0.3, 0.4) is 0 Å². The van der Waals surface area contributed by atoms with Crippen molar-refractivity contribution in [3.05, 3.63) is 51.8 Å². The highest BCUT2D eigenvalue weighted by atomic mass is 19.1. The van der Waals surface area contributed by atoms with E-state index in [4.69, 9.17) is 9.72 Å². The molecule has 4 heterocycles. The molecule has 0 spiro atoms. The van der Waals surface area contributed by atoms with Gasteiger partial charge in [0.05, 0.1) is 6.10 Å². The maximum atomic E-state index is 13.4. The summed E-state index contributed by atoms with van der Waals surface area (Å²) >= 11 is 0. The van der Waals surface area contributed by atoms with Gasteiger partial charge in [0.25, 0.3) is 5.56 Å². The number of methoxy groups -OCH3 is 1. The fourth-order valence-corrected chi connectivity index (χ4v) is 5.37. The van der Waals surface area contributed by atoms with Gasteiger partial charge in [-0.1, -0.05) is 6.07 Å². The van der Waals surface area contributed by atoms with Gasteiger partial charge < -0.3 is 25.4 Å². The van der Waals surface area contributed by atoms with E-state index in [9.17, 15) is 23.9 Å². The largest absolute Gasteiger partial charge is 0.480 e. The van der Waals surface area contributed by atoms with Gasteiger partial charge in [-0.15, -0.1) is 0 Å². The van der Waals surface area contributed by atoms with Crippen LogP contribution in [0.15, 0.2) is 29.2 Å². The van der Waals surface area contributed by atoms with E-state index in [1.165, 1.54) is 29.5 Å². The third-order valence-electron chi connectivity index (χ3n) is 7.64. The van der Waals surface area contributed by atoms with Crippen molar-refractivity contribution < 1.29 is 23.8 Å². The number of carbonyl (C=O) groups excluding carboxylic acids is 1. The molecule has 0 aromatic carbocycles. The molecular formula is C28H39FN6O5. The van der Waals surface area contributed by atoms with Crippen LogP contribution in [0.2, 0.25) is 0 Å².